The highest BCUT2D eigenvalue weighted by atomic mass is 19.1. The third-order valence-corrected chi connectivity index (χ3v) is 7.35. The lowest BCUT2D eigenvalue weighted by Gasteiger charge is -2.29. The second-order valence-corrected chi connectivity index (χ2v) is 9.05. The summed E-state index contributed by atoms with van der Waals surface area (Å²) in [5, 5.41) is 15.1. The summed E-state index contributed by atoms with van der Waals surface area (Å²) >= 11 is 0. The number of pyridine rings is 2. The van der Waals surface area contributed by atoms with Gasteiger partial charge in [0.05, 0.1) is 29.0 Å². The van der Waals surface area contributed by atoms with E-state index >= 15 is 0 Å². The van der Waals surface area contributed by atoms with Crippen LogP contribution in [0.2, 0.25) is 0 Å². The Morgan fingerprint density at radius 3 is 2.81 bits per heavy atom. The fourth-order valence-electron chi connectivity index (χ4n) is 5.60. The number of esters is 1. The van der Waals surface area contributed by atoms with Crippen LogP contribution in [0.3, 0.4) is 0 Å². The van der Waals surface area contributed by atoms with E-state index in [2.05, 4.69) is 5.32 Å². The van der Waals surface area contributed by atoms with Gasteiger partial charge >= 0.3 is 5.97 Å². The van der Waals surface area contributed by atoms with Gasteiger partial charge < -0.3 is 19.7 Å². The number of aryl methyl sites for hydroxylation is 1. The van der Waals surface area contributed by atoms with Gasteiger partial charge in [-0.25, -0.2) is 14.2 Å². The molecular weight excluding hydrogens is 413 g/mol. The van der Waals surface area contributed by atoms with Crippen molar-refractivity contribution in [3.63, 3.8) is 0 Å². The minimum Gasteiger partial charge on any atom is -0.458 e. The number of carbonyl (C=O) groups is 1. The molecule has 0 spiro atoms. The van der Waals surface area contributed by atoms with Crippen molar-refractivity contribution in [1.29, 1.82) is 0 Å². The Kier molecular flexibility index (Phi) is 3.81. The summed E-state index contributed by atoms with van der Waals surface area (Å²) < 4.78 is 21.4. The highest BCUT2D eigenvalue weighted by molar-refractivity contribution is 5.93. The molecule has 1 aromatic carbocycles. The van der Waals surface area contributed by atoms with E-state index in [1.807, 2.05) is 7.05 Å². The molecule has 0 unspecified atom stereocenters. The van der Waals surface area contributed by atoms with Gasteiger partial charge in [0.1, 0.15) is 12.4 Å². The summed E-state index contributed by atoms with van der Waals surface area (Å²) in [7, 11) is 1.90. The Bertz CT molecular complexity index is 1440. The predicted octanol–water partition coefficient (Wildman–Crippen LogP) is 2.34. The van der Waals surface area contributed by atoms with E-state index in [0.717, 1.165) is 34.9 Å². The van der Waals surface area contributed by atoms with Gasteiger partial charge in [0, 0.05) is 28.6 Å². The number of carbonyl (C=O) groups excluding carboxylic acids is 1. The van der Waals surface area contributed by atoms with Crippen LogP contribution in [0.5, 0.6) is 0 Å². The first-order valence-electron chi connectivity index (χ1n) is 10.7. The normalized spacial score (nSPS) is 23.0. The van der Waals surface area contributed by atoms with E-state index in [1.165, 1.54) is 13.0 Å². The van der Waals surface area contributed by atoms with Crippen LogP contribution in [0.15, 0.2) is 16.9 Å². The number of aromatic nitrogens is 2. The molecule has 0 fully saturated rings. The standard InChI is InChI=1S/C24H22FN3O4/c1-10-11-4-5-16(26-3)20-12-8-28-18(21(12)27-17(19(11)20)7-15(10)25)6-14-13(22(28)29)9-32-23(30)24(14,2)31/h6-7,16,26,31H,4-5,8-9H2,1-3H3/t16-,24-/m0/s1. The molecule has 2 atom stereocenters. The van der Waals surface area contributed by atoms with Crippen LogP contribution in [0.4, 0.5) is 4.39 Å². The molecule has 2 aromatic heterocycles. The van der Waals surface area contributed by atoms with Gasteiger partial charge in [-0.2, -0.15) is 0 Å². The first-order chi connectivity index (χ1) is 15.2. The third kappa shape index (κ3) is 2.28. The average molecular weight is 435 g/mol. The van der Waals surface area contributed by atoms with E-state index in [0.29, 0.717) is 29.0 Å². The summed E-state index contributed by atoms with van der Waals surface area (Å²) in [6, 6.07) is 3.18. The van der Waals surface area contributed by atoms with Crippen molar-refractivity contribution >= 4 is 16.9 Å². The molecule has 1 aliphatic carbocycles. The highest BCUT2D eigenvalue weighted by Gasteiger charge is 2.43. The first-order valence-corrected chi connectivity index (χ1v) is 10.7. The maximum atomic E-state index is 14.7. The van der Waals surface area contributed by atoms with Gasteiger partial charge in [0.15, 0.2) is 5.60 Å². The summed E-state index contributed by atoms with van der Waals surface area (Å²) in [4.78, 5) is 30.3. The van der Waals surface area contributed by atoms with Gasteiger partial charge in [0.25, 0.3) is 5.56 Å². The Morgan fingerprint density at radius 1 is 1.28 bits per heavy atom. The summed E-state index contributed by atoms with van der Waals surface area (Å²) in [5.41, 5.74) is 3.57. The van der Waals surface area contributed by atoms with E-state index in [4.69, 9.17) is 9.72 Å². The molecule has 2 aliphatic heterocycles. The number of hydrogen-bond acceptors (Lipinski definition) is 6. The van der Waals surface area contributed by atoms with E-state index < -0.39 is 11.6 Å². The minimum absolute atomic E-state index is 0.0549. The molecule has 0 radical (unpaired) electrons. The number of nitrogens with zero attached hydrogens (tertiary/aromatic N) is 2. The topological polar surface area (TPSA) is 93.5 Å². The lowest BCUT2D eigenvalue weighted by atomic mass is 9.82. The Hall–Kier alpha value is -3.10. The SMILES string of the molecule is CN[C@H]1CCc2c(C)c(F)cc3nc4c(c1c23)Cn1c-4cc2c(c1=O)COC(=O)[C@@]2(C)O. The molecule has 6 rings (SSSR count). The quantitative estimate of drug-likeness (QED) is 0.446. The molecule has 164 valence electrons. The summed E-state index contributed by atoms with van der Waals surface area (Å²) in [6.45, 7) is 3.29. The first kappa shape index (κ1) is 19.6. The zero-order valence-electron chi connectivity index (χ0n) is 18.0. The van der Waals surface area contributed by atoms with Crippen LogP contribution in [-0.4, -0.2) is 27.7 Å². The number of nitrogens with one attached hydrogen (secondary N) is 1. The molecule has 0 bridgehead atoms. The van der Waals surface area contributed by atoms with Crippen molar-refractivity contribution in [2.75, 3.05) is 7.05 Å². The van der Waals surface area contributed by atoms with Crippen molar-refractivity contribution in [1.82, 2.24) is 14.9 Å². The third-order valence-electron chi connectivity index (χ3n) is 7.35. The fraction of sp³-hybridized carbons (Fsp3) is 0.375. The van der Waals surface area contributed by atoms with E-state index in [-0.39, 0.29) is 35.2 Å². The molecule has 32 heavy (non-hydrogen) atoms. The molecule has 8 heteroatoms. The van der Waals surface area contributed by atoms with E-state index in [1.54, 1.807) is 17.6 Å². The van der Waals surface area contributed by atoms with Crippen LogP contribution in [0.1, 0.15) is 52.8 Å². The van der Waals surface area contributed by atoms with Crippen LogP contribution in [-0.2, 0) is 34.7 Å². The summed E-state index contributed by atoms with van der Waals surface area (Å²) in [6.07, 6.45) is 1.57. The number of halogens is 1. The van der Waals surface area contributed by atoms with Gasteiger partial charge in [-0.1, -0.05) is 0 Å². The Balaban J connectivity index is 1.71. The molecule has 0 saturated heterocycles. The lowest BCUT2D eigenvalue weighted by Crippen LogP contribution is -2.42. The molecular formula is C24H22FN3O4. The number of aliphatic hydroxyl groups is 1. The monoisotopic (exact) mass is 435 g/mol. The van der Waals surface area contributed by atoms with Crippen molar-refractivity contribution in [3.8, 4) is 11.4 Å². The largest absolute Gasteiger partial charge is 0.458 e. The number of cyclic esters (lactones) is 1. The smallest absolute Gasteiger partial charge is 0.342 e. The van der Waals surface area contributed by atoms with Crippen molar-refractivity contribution in [2.45, 2.75) is 51.5 Å². The van der Waals surface area contributed by atoms with Gasteiger partial charge in [-0.15, -0.1) is 0 Å². The minimum atomic E-state index is -1.92. The zero-order valence-corrected chi connectivity index (χ0v) is 18.0. The molecule has 2 N–H and O–H groups in total. The van der Waals surface area contributed by atoms with Crippen LogP contribution in [0.25, 0.3) is 22.3 Å². The Morgan fingerprint density at radius 2 is 2.06 bits per heavy atom. The van der Waals surface area contributed by atoms with Crippen molar-refractivity contribution in [2.24, 2.45) is 0 Å². The van der Waals surface area contributed by atoms with Crippen LogP contribution >= 0.6 is 0 Å². The van der Waals surface area contributed by atoms with Gasteiger partial charge in [-0.05, 0) is 56.5 Å². The summed E-state index contributed by atoms with van der Waals surface area (Å²) in [5.74, 6) is -1.08. The molecule has 3 aliphatic rings. The number of benzene rings is 1. The van der Waals surface area contributed by atoms with Crippen LogP contribution in [0, 0.1) is 12.7 Å². The van der Waals surface area contributed by atoms with Crippen molar-refractivity contribution in [3.05, 3.63) is 61.7 Å². The second kappa shape index (κ2) is 6.24. The maximum Gasteiger partial charge on any atom is 0.342 e. The van der Waals surface area contributed by atoms with Gasteiger partial charge in [-0.3, -0.25) is 4.79 Å². The number of ether oxygens (including phenoxy) is 1. The molecule has 0 amide bonds. The van der Waals surface area contributed by atoms with E-state index in [9.17, 15) is 19.1 Å². The molecule has 0 saturated carbocycles. The molecule has 4 heterocycles. The van der Waals surface area contributed by atoms with Crippen LogP contribution < -0.4 is 10.9 Å². The molecule has 7 nitrogen and oxygen atoms in total. The van der Waals surface area contributed by atoms with Gasteiger partial charge in [0.2, 0.25) is 0 Å². The Labute approximate surface area is 182 Å². The predicted molar refractivity (Wildman–Crippen MR) is 115 cm³/mol. The second-order valence-electron chi connectivity index (χ2n) is 9.05. The number of rotatable bonds is 1. The zero-order chi connectivity index (χ0) is 22.5. The number of fused-ring (bicyclic) bond motifs is 5. The fourth-order valence-corrected chi connectivity index (χ4v) is 5.60. The highest BCUT2D eigenvalue weighted by Crippen LogP contribution is 2.45. The van der Waals surface area contributed by atoms with Crippen molar-refractivity contribution < 1.29 is 19.0 Å². The number of hydrogen-bond donors (Lipinski definition) is 2. The average Bonchev–Trinajstić information content (AvgIpc) is 3.14. The lowest BCUT2D eigenvalue weighted by molar-refractivity contribution is -0.169. The maximum absolute atomic E-state index is 14.7. The molecule has 3 aromatic rings.